The fraction of sp³-hybridized carbons (Fsp3) is 0.0196. The second-order valence-electron chi connectivity index (χ2n) is 14.1. The van der Waals surface area contributed by atoms with Gasteiger partial charge in [-0.05, 0) is 70.4 Å². The predicted molar refractivity (Wildman–Crippen MR) is 237 cm³/mol. The molecule has 1 aliphatic heterocycles. The number of nitrogens with zero attached hydrogens (tertiary/aromatic N) is 3. The molecule has 264 valence electrons. The molecular formula is C51H33N3OS. The topological polar surface area (TPSA) is 41.1 Å². The van der Waals surface area contributed by atoms with E-state index in [-0.39, 0.29) is 0 Å². The van der Waals surface area contributed by atoms with Gasteiger partial charge >= 0.3 is 0 Å². The summed E-state index contributed by atoms with van der Waals surface area (Å²) in [6.07, 6.45) is 2.85. The first-order valence-electron chi connectivity index (χ1n) is 18.9. The number of rotatable bonds is 6. The average Bonchev–Trinajstić information content (AvgIpc) is 3.72. The highest BCUT2D eigenvalue weighted by molar-refractivity contribution is 7.25. The van der Waals surface area contributed by atoms with Crippen LogP contribution in [0.3, 0.4) is 0 Å². The normalized spacial score (nSPS) is 13.2. The third kappa shape index (κ3) is 5.60. The van der Waals surface area contributed by atoms with Crippen molar-refractivity contribution in [2.75, 3.05) is 4.90 Å². The molecule has 4 nitrogen and oxygen atoms in total. The Morgan fingerprint density at radius 3 is 1.96 bits per heavy atom. The number of amidine groups is 1. The molecule has 0 fully saturated rings. The Bertz CT molecular complexity index is 3210. The van der Waals surface area contributed by atoms with E-state index in [4.69, 9.17) is 14.4 Å². The van der Waals surface area contributed by atoms with E-state index >= 15 is 0 Å². The Kier molecular flexibility index (Phi) is 7.71. The highest BCUT2D eigenvalue weighted by atomic mass is 32.1. The molecule has 10 aromatic rings. The van der Waals surface area contributed by atoms with Gasteiger partial charge in [-0.2, -0.15) is 0 Å². The van der Waals surface area contributed by atoms with Gasteiger partial charge in [-0.15, -0.1) is 11.3 Å². The van der Waals surface area contributed by atoms with Crippen molar-refractivity contribution in [3.05, 3.63) is 205 Å². The fourth-order valence-electron chi connectivity index (χ4n) is 8.04. The summed E-state index contributed by atoms with van der Waals surface area (Å²) in [5, 5.41) is 6.86. The van der Waals surface area contributed by atoms with Crippen molar-refractivity contribution in [2.24, 2.45) is 9.98 Å². The van der Waals surface area contributed by atoms with E-state index in [0.717, 1.165) is 77.9 Å². The summed E-state index contributed by atoms with van der Waals surface area (Å²) in [5.74, 6) is 0.645. The second-order valence-corrected chi connectivity index (χ2v) is 15.2. The first-order chi connectivity index (χ1) is 27.7. The summed E-state index contributed by atoms with van der Waals surface area (Å²) in [4.78, 5) is 13.2. The lowest BCUT2D eigenvalue weighted by Gasteiger charge is -2.26. The molecule has 0 radical (unpaired) electrons. The summed E-state index contributed by atoms with van der Waals surface area (Å²) in [6, 6.07) is 64.2. The number of aliphatic imine (C=N–C) groups is 2. The monoisotopic (exact) mass is 735 g/mol. The Labute approximate surface area is 327 Å². The van der Waals surface area contributed by atoms with Crippen LogP contribution in [0.25, 0.3) is 58.6 Å². The summed E-state index contributed by atoms with van der Waals surface area (Å²) < 4.78 is 9.40. The van der Waals surface area contributed by atoms with Gasteiger partial charge in [-0.25, -0.2) is 9.98 Å². The summed E-state index contributed by atoms with van der Waals surface area (Å²) in [6.45, 7) is 0. The molecule has 0 bridgehead atoms. The Hall–Kier alpha value is -7.08. The zero-order chi connectivity index (χ0) is 37.0. The van der Waals surface area contributed by atoms with E-state index in [0.29, 0.717) is 12.3 Å². The maximum Gasteiger partial charge on any atom is 0.160 e. The van der Waals surface area contributed by atoms with Gasteiger partial charge in [0.05, 0.1) is 17.1 Å². The molecular weight excluding hydrogens is 703 g/mol. The van der Waals surface area contributed by atoms with Crippen molar-refractivity contribution in [2.45, 2.75) is 6.42 Å². The molecule has 0 unspecified atom stereocenters. The highest BCUT2D eigenvalue weighted by Gasteiger charge is 2.24. The molecule has 1 aliphatic rings. The fourth-order valence-corrected chi connectivity index (χ4v) is 9.18. The van der Waals surface area contributed by atoms with Crippen molar-refractivity contribution in [1.82, 2.24) is 0 Å². The molecule has 0 saturated carbocycles. The average molecular weight is 736 g/mol. The highest BCUT2D eigenvalue weighted by Crippen LogP contribution is 2.44. The molecule has 2 aromatic heterocycles. The smallest absolute Gasteiger partial charge is 0.160 e. The number of fused-ring (bicyclic) bond motifs is 7. The molecule has 5 heteroatoms. The molecule has 0 aliphatic carbocycles. The number of furan rings is 1. The van der Waals surface area contributed by atoms with Crippen molar-refractivity contribution in [3.63, 3.8) is 0 Å². The van der Waals surface area contributed by atoms with Crippen LogP contribution in [0, 0.1) is 0 Å². The minimum Gasteiger partial charge on any atom is -0.456 e. The number of para-hydroxylation sites is 1. The number of thiophene rings is 1. The second kappa shape index (κ2) is 13.3. The SMILES string of the molecule is C1=C(c2ccccc2)N=C(c2cc(N(c3ccccc3)c3ccc4c(c3)sc3ccccc34)cc3oc4cc5ccccc5cc4c23)N=C(c2ccccc2)C1. The van der Waals surface area contributed by atoms with Crippen LogP contribution < -0.4 is 4.90 Å². The minimum atomic E-state index is 0.645. The number of benzene rings is 8. The van der Waals surface area contributed by atoms with E-state index in [1.807, 2.05) is 23.5 Å². The van der Waals surface area contributed by atoms with E-state index in [1.54, 1.807) is 0 Å². The van der Waals surface area contributed by atoms with E-state index in [2.05, 4.69) is 181 Å². The molecule has 0 saturated heterocycles. The van der Waals surface area contributed by atoms with E-state index in [1.165, 1.54) is 20.2 Å². The van der Waals surface area contributed by atoms with E-state index < -0.39 is 0 Å². The quantitative estimate of drug-likeness (QED) is 0.171. The van der Waals surface area contributed by atoms with Gasteiger partial charge in [0, 0.05) is 60.4 Å². The summed E-state index contributed by atoms with van der Waals surface area (Å²) in [5.41, 5.74) is 9.55. The van der Waals surface area contributed by atoms with Gasteiger partial charge in [-0.3, -0.25) is 0 Å². The maximum absolute atomic E-state index is 6.88. The zero-order valence-electron chi connectivity index (χ0n) is 30.3. The number of hydrogen-bond donors (Lipinski definition) is 0. The lowest BCUT2D eigenvalue weighted by molar-refractivity contribution is 0.669. The van der Waals surface area contributed by atoms with Crippen LogP contribution in [0.15, 0.2) is 202 Å². The zero-order valence-corrected chi connectivity index (χ0v) is 31.1. The van der Waals surface area contributed by atoms with Crippen LogP contribution in [-0.4, -0.2) is 11.5 Å². The van der Waals surface area contributed by atoms with Crippen LogP contribution in [0.2, 0.25) is 0 Å². The standard InChI is InChI=1S/C51H33N3OS/c1-4-14-33(15-5-1)44-26-27-45(34-16-6-2-7-17-34)53-51(52-44)43-30-39(31-47-50(43)42-28-35-18-10-11-19-36(35)29-46(42)55-47)54(37-20-8-3-9-21-37)38-24-25-41-40-22-12-13-23-48(40)56-49(41)32-38/h1-26,28-32H,27H2. The van der Waals surface area contributed by atoms with Crippen LogP contribution in [0.5, 0.6) is 0 Å². The molecule has 0 N–H and O–H groups in total. The van der Waals surface area contributed by atoms with Crippen molar-refractivity contribution in [3.8, 4) is 0 Å². The van der Waals surface area contributed by atoms with Crippen molar-refractivity contribution >= 4 is 98.5 Å². The van der Waals surface area contributed by atoms with Crippen molar-refractivity contribution < 1.29 is 4.42 Å². The molecule has 3 heterocycles. The maximum atomic E-state index is 6.88. The number of hydrogen-bond acceptors (Lipinski definition) is 5. The van der Waals surface area contributed by atoms with Crippen molar-refractivity contribution in [1.29, 1.82) is 0 Å². The van der Waals surface area contributed by atoms with Gasteiger partial charge in [0.15, 0.2) is 5.84 Å². The predicted octanol–water partition coefficient (Wildman–Crippen LogP) is 14.3. The molecule has 0 spiro atoms. The number of anilines is 3. The number of allylic oxidation sites excluding steroid dienone is 1. The summed E-state index contributed by atoms with van der Waals surface area (Å²) >= 11 is 1.83. The Morgan fingerprint density at radius 1 is 0.482 bits per heavy atom. The molecule has 56 heavy (non-hydrogen) atoms. The first-order valence-corrected chi connectivity index (χ1v) is 19.7. The van der Waals surface area contributed by atoms with Crippen LogP contribution in [0.4, 0.5) is 17.1 Å². The molecule has 0 amide bonds. The molecule has 11 rings (SSSR count). The summed E-state index contributed by atoms with van der Waals surface area (Å²) in [7, 11) is 0. The van der Waals surface area contributed by atoms with Crippen LogP contribution in [0.1, 0.15) is 23.1 Å². The third-order valence-electron chi connectivity index (χ3n) is 10.7. The van der Waals surface area contributed by atoms with Crippen LogP contribution >= 0.6 is 11.3 Å². The molecule has 0 atom stereocenters. The van der Waals surface area contributed by atoms with Gasteiger partial charge in [0.1, 0.15) is 11.2 Å². The van der Waals surface area contributed by atoms with Gasteiger partial charge in [0.2, 0.25) is 0 Å². The largest absolute Gasteiger partial charge is 0.456 e. The lowest BCUT2D eigenvalue weighted by atomic mass is 10.0. The minimum absolute atomic E-state index is 0.645. The van der Waals surface area contributed by atoms with Gasteiger partial charge < -0.3 is 9.32 Å². The van der Waals surface area contributed by atoms with Crippen LogP contribution in [-0.2, 0) is 0 Å². The first kappa shape index (κ1) is 32.4. The third-order valence-corrected chi connectivity index (χ3v) is 11.8. The van der Waals surface area contributed by atoms with Gasteiger partial charge in [-0.1, -0.05) is 133 Å². The Balaban J connectivity index is 1.21. The Morgan fingerprint density at radius 2 is 1.16 bits per heavy atom. The van der Waals surface area contributed by atoms with Gasteiger partial charge in [0.25, 0.3) is 0 Å². The van der Waals surface area contributed by atoms with E-state index in [9.17, 15) is 0 Å². The lowest BCUT2D eigenvalue weighted by Crippen LogP contribution is -2.11. The molecule has 8 aromatic carbocycles.